The lowest BCUT2D eigenvalue weighted by molar-refractivity contribution is 0.415. The van der Waals surface area contributed by atoms with E-state index >= 15 is 0 Å². The Hall–Kier alpha value is -3.82. The van der Waals surface area contributed by atoms with Gasteiger partial charge in [-0.05, 0) is 55.8 Å². The first-order valence-electron chi connectivity index (χ1n) is 10.6. The number of para-hydroxylation sites is 1. The molecule has 8 nitrogen and oxygen atoms in total. The number of ether oxygens (including phenoxy) is 1. The van der Waals surface area contributed by atoms with Gasteiger partial charge in [0.15, 0.2) is 0 Å². The van der Waals surface area contributed by atoms with Crippen molar-refractivity contribution in [2.45, 2.75) is 18.7 Å². The van der Waals surface area contributed by atoms with Gasteiger partial charge in [0, 0.05) is 23.0 Å². The van der Waals surface area contributed by atoms with Gasteiger partial charge in [-0.1, -0.05) is 35.9 Å². The predicted molar refractivity (Wildman–Crippen MR) is 138 cm³/mol. The van der Waals surface area contributed by atoms with Crippen LogP contribution >= 0.6 is 11.6 Å². The van der Waals surface area contributed by atoms with Crippen LogP contribution in [0.4, 0.5) is 11.4 Å². The molecule has 0 unspecified atom stereocenters. The maximum atomic E-state index is 12.9. The minimum Gasteiger partial charge on any atom is -0.494 e. The zero-order chi connectivity index (χ0) is 25.2. The molecule has 1 aromatic heterocycles. The third-order valence-corrected chi connectivity index (χ3v) is 6.97. The van der Waals surface area contributed by atoms with Crippen LogP contribution in [0.1, 0.15) is 16.8 Å². The normalized spacial score (nSPS) is 11.7. The van der Waals surface area contributed by atoms with Gasteiger partial charge in [-0.2, -0.15) is 0 Å². The van der Waals surface area contributed by atoms with Crippen molar-refractivity contribution < 1.29 is 13.2 Å². The number of methoxy groups -OCH3 is 1. The second-order valence-corrected chi connectivity index (χ2v) is 9.90. The Labute approximate surface area is 207 Å². The van der Waals surface area contributed by atoms with Gasteiger partial charge in [-0.3, -0.25) is 19.6 Å². The van der Waals surface area contributed by atoms with E-state index in [2.05, 4.69) is 14.8 Å². The topological polar surface area (TPSA) is 106 Å². The average Bonchev–Trinajstić information content (AvgIpc) is 3.12. The van der Waals surface area contributed by atoms with Gasteiger partial charge < -0.3 is 4.74 Å². The second-order valence-electron chi connectivity index (χ2n) is 7.78. The molecule has 10 heteroatoms. The van der Waals surface area contributed by atoms with Crippen LogP contribution in [0.3, 0.4) is 0 Å². The highest BCUT2D eigenvalue weighted by atomic mass is 35.5. The molecule has 1 heterocycles. The molecule has 2 N–H and O–H groups in total. The largest absolute Gasteiger partial charge is 0.494 e. The Bertz CT molecular complexity index is 1590. The van der Waals surface area contributed by atoms with Crippen molar-refractivity contribution in [2.75, 3.05) is 11.8 Å². The smallest absolute Gasteiger partial charge is 0.280 e. The molecule has 0 amide bonds. The summed E-state index contributed by atoms with van der Waals surface area (Å²) >= 11 is 6.05. The number of hydrogen-bond acceptors (Lipinski definition) is 5. The van der Waals surface area contributed by atoms with Crippen LogP contribution in [0.25, 0.3) is 5.69 Å². The number of aliphatic imine (C=N–C) groups is 1. The van der Waals surface area contributed by atoms with E-state index in [0.29, 0.717) is 33.3 Å². The molecule has 0 saturated heterocycles. The number of anilines is 1. The number of hydrogen-bond donors (Lipinski definition) is 2. The van der Waals surface area contributed by atoms with Gasteiger partial charge >= 0.3 is 0 Å². The van der Waals surface area contributed by atoms with Crippen LogP contribution in [-0.2, 0) is 10.0 Å². The highest BCUT2D eigenvalue weighted by molar-refractivity contribution is 7.92. The van der Waals surface area contributed by atoms with Crippen LogP contribution in [0.2, 0.25) is 5.02 Å². The molecule has 0 spiro atoms. The summed E-state index contributed by atoms with van der Waals surface area (Å²) in [5.74, 6) is 0.247. The third kappa shape index (κ3) is 5.16. The Balaban J connectivity index is 1.64. The molecule has 0 aliphatic heterocycles. The molecule has 4 aromatic rings. The summed E-state index contributed by atoms with van der Waals surface area (Å²) in [6, 6.07) is 18.4. The minimum absolute atomic E-state index is 0.0256. The van der Waals surface area contributed by atoms with E-state index in [4.69, 9.17) is 16.3 Å². The van der Waals surface area contributed by atoms with E-state index in [9.17, 15) is 13.2 Å². The molecule has 0 bridgehead atoms. The number of nitrogens with one attached hydrogen (secondary N) is 2. The fourth-order valence-electron chi connectivity index (χ4n) is 3.47. The number of aryl methyl sites for hydroxylation is 2. The number of benzene rings is 3. The Morgan fingerprint density at radius 2 is 1.83 bits per heavy atom. The fraction of sp³-hybridized carbons (Fsp3) is 0.120. The van der Waals surface area contributed by atoms with E-state index < -0.39 is 10.0 Å². The van der Waals surface area contributed by atoms with Gasteiger partial charge in [0.2, 0.25) is 0 Å². The monoisotopic (exact) mass is 510 g/mol. The maximum Gasteiger partial charge on any atom is 0.280 e. The first kappa shape index (κ1) is 24.3. The number of sulfonamides is 1. The molecule has 0 aliphatic rings. The molecule has 0 aliphatic carbocycles. The lowest BCUT2D eigenvalue weighted by Crippen LogP contribution is -2.17. The van der Waals surface area contributed by atoms with Crippen LogP contribution in [0.15, 0.2) is 81.4 Å². The van der Waals surface area contributed by atoms with Crippen molar-refractivity contribution >= 4 is 39.2 Å². The average molecular weight is 511 g/mol. The molecule has 4 rings (SSSR count). The summed E-state index contributed by atoms with van der Waals surface area (Å²) < 4.78 is 35.2. The molecule has 0 saturated carbocycles. The van der Waals surface area contributed by atoms with Crippen molar-refractivity contribution in [1.29, 1.82) is 0 Å². The lowest BCUT2D eigenvalue weighted by atomic mass is 10.2. The molecule has 0 fully saturated rings. The highest BCUT2D eigenvalue weighted by Gasteiger charge is 2.18. The van der Waals surface area contributed by atoms with Gasteiger partial charge in [0.25, 0.3) is 15.6 Å². The minimum atomic E-state index is -3.85. The molecular weight excluding hydrogens is 488 g/mol. The molecule has 0 atom stereocenters. The van der Waals surface area contributed by atoms with Crippen molar-refractivity contribution in [1.82, 2.24) is 9.78 Å². The van der Waals surface area contributed by atoms with Gasteiger partial charge in [-0.15, -0.1) is 0 Å². The summed E-state index contributed by atoms with van der Waals surface area (Å²) in [5, 5.41) is 3.52. The number of rotatable bonds is 7. The Kier molecular flexibility index (Phi) is 6.81. The zero-order valence-electron chi connectivity index (χ0n) is 19.2. The number of halogens is 1. The standard InChI is InChI=1S/C25H23ClN4O4S/c1-16-7-4-5-10-22(16)29-35(32,33)20-11-12-23(24(14-20)34-3)27-15-21-17(2)28-30(25(21)31)19-9-6-8-18(26)13-19/h4-15,28-29H,1-3H3. The third-order valence-electron chi connectivity index (χ3n) is 5.37. The van der Waals surface area contributed by atoms with Crippen molar-refractivity contribution in [3.8, 4) is 11.4 Å². The lowest BCUT2D eigenvalue weighted by Gasteiger charge is -2.12. The van der Waals surface area contributed by atoms with Crippen LogP contribution in [-0.4, -0.2) is 31.5 Å². The summed E-state index contributed by atoms with van der Waals surface area (Å²) in [7, 11) is -2.42. The molecule has 35 heavy (non-hydrogen) atoms. The van der Waals surface area contributed by atoms with Crippen molar-refractivity contribution in [2.24, 2.45) is 4.99 Å². The van der Waals surface area contributed by atoms with Crippen molar-refractivity contribution in [3.05, 3.63) is 98.9 Å². The molecule has 3 aromatic carbocycles. The molecular formula is C25H23ClN4O4S. The SMILES string of the molecule is COc1cc(S(=O)(=O)Nc2ccccc2C)ccc1N=Cc1c(C)[nH]n(-c2cccc(Cl)c2)c1=O. The number of nitrogens with zero attached hydrogens (tertiary/aromatic N) is 2. The first-order valence-corrected chi connectivity index (χ1v) is 12.4. The van der Waals surface area contributed by atoms with Crippen LogP contribution in [0, 0.1) is 13.8 Å². The van der Waals surface area contributed by atoms with Gasteiger partial charge in [-0.25, -0.2) is 13.1 Å². The highest BCUT2D eigenvalue weighted by Crippen LogP contribution is 2.31. The summed E-state index contributed by atoms with van der Waals surface area (Å²) in [6.45, 7) is 3.58. The molecule has 180 valence electrons. The number of aromatic nitrogens is 2. The fourth-order valence-corrected chi connectivity index (χ4v) is 4.80. The maximum absolute atomic E-state index is 12.9. The Morgan fingerprint density at radius 3 is 2.54 bits per heavy atom. The van der Waals surface area contributed by atoms with Crippen molar-refractivity contribution in [3.63, 3.8) is 0 Å². The van der Waals surface area contributed by atoms with Crippen LogP contribution < -0.4 is 15.0 Å². The van der Waals surface area contributed by atoms with Crippen LogP contribution in [0.5, 0.6) is 5.75 Å². The summed E-state index contributed by atoms with van der Waals surface area (Å²) in [4.78, 5) is 17.4. The Morgan fingerprint density at radius 1 is 1.06 bits per heavy atom. The summed E-state index contributed by atoms with van der Waals surface area (Å²) in [5.41, 5.74) is 2.93. The van der Waals surface area contributed by atoms with E-state index in [1.165, 1.54) is 36.2 Å². The van der Waals surface area contributed by atoms with E-state index in [1.54, 1.807) is 43.3 Å². The van der Waals surface area contributed by atoms with E-state index in [0.717, 1.165) is 5.56 Å². The van der Waals surface area contributed by atoms with E-state index in [1.807, 2.05) is 19.1 Å². The first-order chi connectivity index (χ1) is 16.7. The van der Waals surface area contributed by atoms with Gasteiger partial charge in [0.1, 0.15) is 11.4 Å². The van der Waals surface area contributed by atoms with E-state index in [-0.39, 0.29) is 16.2 Å². The quantitative estimate of drug-likeness (QED) is 0.341. The second kappa shape index (κ2) is 9.81. The number of H-pyrrole nitrogens is 1. The van der Waals surface area contributed by atoms with Gasteiger partial charge in [0.05, 0.1) is 28.9 Å². The predicted octanol–water partition coefficient (Wildman–Crippen LogP) is 5.00. The number of aromatic amines is 1. The summed E-state index contributed by atoms with van der Waals surface area (Å²) in [6.07, 6.45) is 1.42. The zero-order valence-corrected chi connectivity index (χ0v) is 20.8. The molecule has 0 radical (unpaired) electrons.